The van der Waals surface area contributed by atoms with Crippen molar-refractivity contribution >= 4 is 61.1 Å². The summed E-state index contributed by atoms with van der Waals surface area (Å²) in [6, 6.07) is 14.4. The number of likely N-dealkylation sites (N-methyl/N-ethyl adjacent to an activating group) is 3. The highest BCUT2D eigenvalue weighted by Crippen LogP contribution is 2.35. The van der Waals surface area contributed by atoms with Gasteiger partial charge in [-0.05, 0) is 92.3 Å². The largest absolute Gasteiger partial charge is 0.378 e. The van der Waals surface area contributed by atoms with Crippen LogP contribution in [0.15, 0.2) is 104 Å². The zero-order valence-corrected chi connectivity index (χ0v) is 40.6. The van der Waals surface area contributed by atoms with Gasteiger partial charge in [0.15, 0.2) is 34.9 Å². The topological polar surface area (TPSA) is 170 Å². The molecule has 2 fully saturated rings. The molecule has 0 unspecified atom stereocenters. The maximum atomic E-state index is 15.2. The van der Waals surface area contributed by atoms with E-state index in [0.29, 0.717) is 33.8 Å². The van der Waals surface area contributed by atoms with E-state index in [-0.39, 0.29) is 16.9 Å². The Hall–Kier alpha value is -7.83. The molecule has 16 nitrogen and oxygen atoms in total. The molecule has 0 spiro atoms. The lowest BCUT2D eigenvalue weighted by Gasteiger charge is -2.33. The smallest absolute Gasteiger partial charge is 0.157 e. The molecule has 2 saturated heterocycles. The number of H-pyrrole nitrogens is 4. The fourth-order valence-electron chi connectivity index (χ4n) is 8.82. The van der Waals surface area contributed by atoms with Crippen molar-refractivity contribution in [1.29, 1.82) is 0 Å². The fraction of sp³-hybridized carbons (Fsp3) is 0.288. The summed E-state index contributed by atoms with van der Waals surface area (Å²) < 4.78 is 30.0. The molecule has 9 aromatic rings. The van der Waals surface area contributed by atoms with Gasteiger partial charge in [-0.2, -0.15) is 10.2 Å². The van der Waals surface area contributed by atoms with Gasteiger partial charge in [0.05, 0.1) is 11.0 Å². The highest BCUT2D eigenvalue weighted by atomic mass is 19.1. The average molecular weight is 945 g/mol. The second kappa shape index (κ2) is 20.4. The number of nitrogens with zero attached hydrogens (tertiary/aromatic N) is 12. The van der Waals surface area contributed by atoms with E-state index in [1.807, 2.05) is 88.3 Å². The molecule has 11 rings (SSSR count). The summed E-state index contributed by atoms with van der Waals surface area (Å²) in [6.45, 7) is 17.3. The van der Waals surface area contributed by atoms with E-state index in [4.69, 9.17) is 9.97 Å². The highest BCUT2D eigenvalue weighted by molar-refractivity contribution is 5.99. The van der Waals surface area contributed by atoms with Crippen molar-refractivity contribution < 1.29 is 8.78 Å². The number of aromatic nitrogens is 11. The molecule has 4 N–H and O–H groups in total. The van der Waals surface area contributed by atoms with E-state index >= 15 is 4.39 Å². The maximum absolute atomic E-state index is 15.2. The van der Waals surface area contributed by atoms with Crippen LogP contribution in [0.1, 0.15) is 26.3 Å². The summed E-state index contributed by atoms with van der Waals surface area (Å²) in [5, 5.41) is 15.8. The summed E-state index contributed by atoms with van der Waals surface area (Å²) in [7, 11) is 8.15. The van der Waals surface area contributed by atoms with Gasteiger partial charge in [0.1, 0.15) is 33.5 Å². The standard InChI is InChI=1S/C27H31FN8.C23H21FN8.C2H6/c1-6-17(14-19(7-2)34(3)4)18-15-20-23(21(28)16-18)32-33-24(20)26-30-22-8-9-29-27(25(22)31-26)36-12-10-35(5)11-13-36;1-31-7-9-32(10-8-31)23-21-18(4-6-26-23)27-22(28-21)20-16-11-15(14-3-2-5-25-13-14)12-17(24)19(16)29-30-20;1-2/h6-9,14-16H,2,10-13H2,1,3-5H3,(H,30,31)(H,32,33);2-6,11-13H,7-10H2,1H3,(H,27,28)(H,29,30);1-2H3/b17-6+,19-14+;;. The van der Waals surface area contributed by atoms with Crippen LogP contribution in [0, 0.1) is 11.6 Å². The number of imidazole rings is 2. The zero-order valence-electron chi connectivity index (χ0n) is 40.6. The van der Waals surface area contributed by atoms with Crippen molar-refractivity contribution in [1.82, 2.24) is 70.0 Å². The second-order valence-electron chi connectivity index (χ2n) is 17.4. The number of nitrogens with one attached hydrogen (secondary N) is 4. The van der Waals surface area contributed by atoms with Crippen LogP contribution in [0.4, 0.5) is 20.4 Å². The Labute approximate surface area is 404 Å². The minimum absolute atomic E-state index is 0.280. The lowest BCUT2D eigenvalue weighted by molar-refractivity contribution is 0.312. The van der Waals surface area contributed by atoms with Crippen LogP contribution < -0.4 is 9.80 Å². The van der Waals surface area contributed by atoms with Gasteiger partial charge in [-0.3, -0.25) is 15.2 Å². The van der Waals surface area contributed by atoms with E-state index < -0.39 is 5.82 Å². The number of fused-ring (bicyclic) bond motifs is 4. The van der Waals surface area contributed by atoms with Crippen molar-refractivity contribution in [3.63, 3.8) is 0 Å². The molecule has 70 heavy (non-hydrogen) atoms. The van der Waals surface area contributed by atoms with Crippen LogP contribution >= 0.6 is 0 Å². The molecular formula is C52H58F2N16. The second-order valence-corrected chi connectivity index (χ2v) is 17.4. The van der Waals surface area contributed by atoms with Crippen LogP contribution in [-0.2, 0) is 0 Å². The number of benzene rings is 2. The third-order valence-electron chi connectivity index (χ3n) is 12.7. The number of allylic oxidation sites excluding steroid dienone is 4. The van der Waals surface area contributed by atoms with E-state index in [2.05, 4.69) is 85.6 Å². The SMILES string of the molecule is C=C/C(=C\C(=C/C)c1cc(F)c2n[nH]c(-c3nc4c(N5CCN(C)CC5)nccc4[nH]3)c2c1)N(C)C.CC.CN1CCN(c2nccc3[nH]c(-c4[nH]nc5c(F)cc(-c6cccnc6)cc45)nc23)CC1. The molecule has 0 aliphatic carbocycles. The Morgan fingerprint density at radius 3 is 1.69 bits per heavy atom. The van der Waals surface area contributed by atoms with Gasteiger partial charge in [0.2, 0.25) is 0 Å². The molecule has 360 valence electrons. The molecule has 0 amide bonds. The Morgan fingerprint density at radius 2 is 1.20 bits per heavy atom. The van der Waals surface area contributed by atoms with Gasteiger partial charge >= 0.3 is 0 Å². The van der Waals surface area contributed by atoms with Gasteiger partial charge in [-0.1, -0.05) is 32.6 Å². The van der Waals surface area contributed by atoms with Crippen molar-refractivity contribution in [3.05, 3.63) is 121 Å². The molecule has 9 heterocycles. The van der Waals surface area contributed by atoms with Gasteiger partial charge in [-0.25, -0.2) is 28.7 Å². The Balaban J connectivity index is 0.000000169. The lowest BCUT2D eigenvalue weighted by atomic mass is 10.0. The molecule has 2 aromatic carbocycles. The molecule has 2 aliphatic rings. The van der Waals surface area contributed by atoms with Crippen LogP contribution in [0.3, 0.4) is 0 Å². The number of rotatable bonds is 9. The van der Waals surface area contributed by atoms with E-state index in [9.17, 15) is 4.39 Å². The highest BCUT2D eigenvalue weighted by Gasteiger charge is 2.24. The van der Waals surface area contributed by atoms with Crippen LogP contribution in [0.5, 0.6) is 0 Å². The van der Waals surface area contributed by atoms with Gasteiger partial charge in [0.25, 0.3) is 0 Å². The zero-order chi connectivity index (χ0) is 49.1. The van der Waals surface area contributed by atoms with Crippen molar-refractivity contribution in [3.8, 4) is 34.2 Å². The predicted octanol–water partition coefficient (Wildman–Crippen LogP) is 8.91. The number of piperazine rings is 2. The first kappa shape index (κ1) is 47.2. The van der Waals surface area contributed by atoms with Crippen LogP contribution in [-0.4, -0.2) is 151 Å². The number of halogens is 2. The van der Waals surface area contributed by atoms with Gasteiger partial charge in [-0.15, -0.1) is 0 Å². The molecular weight excluding hydrogens is 887 g/mol. The first-order valence-corrected chi connectivity index (χ1v) is 23.6. The van der Waals surface area contributed by atoms with Crippen molar-refractivity contribution in [2.45, 2.75) is 20.8 Å². The van der Waals surface area contributed by atoms with Gasteiger partial charge < -0.3 is 34.5 Å². The van der Waals surface area contributed by atoms with Gasteiger partial charge in [0, 0.05) is 113 Å². The fourth-order valence-corrected chi connectivity index (χ4v) is 8.82. The minimum Gasteiger partial charge on any atom is -0.378 e. The third-order valence-corrected chi connectivity index (χ3v) is 12.7. The summed E-state index contributed by atoms with van der Waals surface area (Å²) in [5.74, 6) is 2.15. The number of anilines is 2. The van der Waals surface area contributed by atoms with E-state index in [0.717, 1.165) is 114 Å². The lowest BCUT2D eigenvalue weighted by Crippen LogP contribution is -2.44. The average Bonchev–Trinajstić information content (AvgIpc) is 4.21. The van der Waals surface area contributed by atoms with Crippen LogP contribution in [0.25, 0.3) is 83.6 Å². The molecule has 7 aromatic heterocycles. The molecule has 0 atom stereocenters. The Morgan fingerprint density at radius 1 is 0.671 bits per heavy atom. The number of pyridine rings is 3. The first-order chi connectivity index (χ1) is 34.1. The maximum Gasteiger partial charge on any atom is 0.157 e. The summed E-state index contributed by atoms with van der Waals surface area (Å²) in [4.78, 5) is 41.0. The number of hydrogen-bond acceptors (Lipinski definition) is 12. The summed E-state index contributed by atoms with van der Waals surface area (Å²) in [5.41, 5.74) is 9.36. The molecule has 2 aliphatic heterocycles. The third kappa shape index (κ3) is 9.34. The summed E-state index contributed by atoms with van der Waals surface area (Å²) in [6.07, 6.45) is 12.7. The quantitative estimate of drug-likeness (QED) is 0.102. The number of hydrogen-bond donors (Lipinski definition) is 4. The Kier molecular flexibility index (Phi) is 13.8. The predicted molar refractivity (Wildman–Crippen MR) is 277 cm³/mol. The van der Waals surface area contributed by atoms with Crippen LogP contribution in [0.2, 0.25) is 0 Å². The van der Waals surface area contributed by atoms with Crippen molar-refractivity contribution in [2.75, 3.05) is 90.3 Å². The normalized spacial score (nSPS) is 15.1. The van der Waals surface area contributed by atoms with E-state index in [1.54, 1.807) is 30.9 Å². The summed E-state index contributed by atoms with van der Waals surface area (Å²) >= 11 is 0. The number of aromatic amines is 4. The molecule has 0 radical (unpaired) electrons. The molecule has 0 bridgehead atoms. The molecule has 0 saturated carbocycles. The monoisotopic (exact) mass is 944 g/mol. The minimum atomic E-state index is -0.390. The molecule has 18 heteroatoms. The van der Waals surface area contributed by atoms with E-state index in [1.165, 1.54) is 12.1 Å². The Bertz CT molecular complexity index is 3350. The first-order valence-electron chi connectivity index (χ1n) is 23.6. The van der Waals surface area contributed by atoms with Crippen molar-refractivity contribution in [2.24, 2.45) is 0 Å².